The van der Waals surface area contributed by atoms with E-state index in [2.05, 4.69) is 4.90 Å². The molecule has 0 aliphatic carbocycles. The molecule has 3 aromatic rings. The number of carbonyl (C=O) groups is 2. The van der Waals surface area contributed by atoms with Gasteiger partial charge in [0.2, 0.25) is 0 Å². The SMILES string of the molecule is COc1cc(OC)cc(-c2cc(C=C3SC(=S)N(CCc4ccc(C(=O)O)cc4)C3=O)ccc2OCCN2CCOCC2)c1. The molecule has 11 heteroatoms. The summed E-state index contributed by atoms with van der Waals surface area (Å²) in [5.41, 5.74) is 3.68. The summed E-state index contributed by atoms with van der Waals surface area (Å²) in [5, 5.41) is 9.13. The van der Waals surface area contributed by atoms with Gasteiger partial charge >= 0.3 is 5.97 Å². The van der Waals surface area contributed by atoms with Gasteiger partial charge in [0.15, 0.2) is 0 Å². The first-order valence-electron chi connectivity index (χ1n) is 14.2. The van der Waals surface area contributed by atoms with E-state index >= 15 is 0 Å². The number of nitrogens with zero attached hydrogens (tertiary/aromatic N) is 2. The van der Waals surface area contributed by atoms with E-state index in [0.29, 0.717) is 46.0 Å². The van der Waals surface area contributed by atoms with Crippen LogP contribution in [-0.2, 0) is 16.0 Å². The van der Waals surface area contributed by atoms with Gasteiger partial charge in [0, 0.05) is 37.8 Å². The summed E-state index contributed by atoms with van der Waals surface area (Å²) < 4.78 is 23.3. The van der Waals surface area contributed by atoms with Crippen molar-refractivity contribution in [1.82, 2.24) is 9.80 Å². The van der Waals surface area contributed by atoms with Crippen molar-refractivity contribution in [2.24, 2.45) is 0 Å². The molecule has 3 aromatic carbocycles. The molecule has 0 aromatic heterocycles. The first kappa shape index (κ1) is 31.5. The summed E-state index contributed by atoms with van der Waals surface area (Å²) >= 11 is 6.82. The number of hydrogen-bond donors (Lipinski definition) is 1. The molecule has 2 aliphatic heterocycles. The van der Waals surface area contributed by atoms with Crippen LogP contribution in [0.1, 0.15) is 21.5 Å². The fourth-order valence-electron chi connectivity index (χ4n) is 4.96. The Labute approximate surface area is 266 Å². The molecule has 2 fully saturated rings. The Morgan fingerprint density at radius 2 is 1.70 bits per heavy atom. The molecule has 5 rings (SSSR count). The van der Waals surface area contributed by atoms with Crippen molar-refractivity contribution in [1.29, 1.82) is 0 Å². The lowest BCUT2D eigenvalue weighted by Crippen LogP contribution is -2.38. The van der Waals surface area contributed by atoms with E-state index in [-0.39, 0.29) is 11.5 Å². The average molecular weight is 635 g/mol. The Morgan fingerprint density at radius 1 is 1.00 bits per heavy atom. The minimum absolute atomic E-state index is 0.155. The predicted molar refractivity (Wildman–Crippen MR) is 175 cm³/mol. The number of rotatable bonds is 12. The number of methoxy groups -OCH3 is 2. The Hall–Kier alpha value is -3.90. The molecule has 0 atom stereocenters. The lowest BCUT2D eigenvalue weighted by Gasteiger charge is -2.26. The van der Waals surface area contributed by atoms with Crippen molar-refractivity contribution in [2.45, 2.75) is 6.42 Å². The summed E-state index contributed by atoms with van der Waals surface area (Å²) in [4.78, 5) is 28.9. The van der Waals surface area contributed by atoms with Crippen LogP contribution in [0.3, 0.4) is 0 Å². The fourth-order valence-corrected chi connectivity index (χ4v) is 6.27. The van der Waals surface area contributed by atoms with Gasteiger partial charge in [0.1, 0.15) is 28.2 Å². The average Bonchev–Trinajstić information content (AvgIpc) is 3.31. The molecule has 1 amide bonds. The van der Waals surface area contributed by atoms with Crippen molar-refractivity contribution in [3.05, 3.63) is 82.3 Å². The van der Waals surface area contributed by atoms with Gasteiger partial charge in [-0.3, -0.25) is 14.6 Å². The topological polar surface area (TPSA) is 97.8 Å². The van der Waals surface area contributed by atoms with E-state index in [0.717, 1.165) is 55.1 Å². The standard InChI is InChI=1S/C33H34N2O7S2/c1-39-26-19-25(20-27(21-26)40-2)28-17-23(5-8-29(28)42-16-13-34-11-14-41-15-12-34)18-30-31(36)35(33(43)44-30)10-9-22-3-6-24(7-4-22)32(37)38/h3-8,17-21H,9-16H2,1-2H3,(H,37,38). The molecule has 0 spiro atoms. The van der Waals surface area contributed by atoms with E-state index < -0.39 is 5.97 Å². The smallest absolute Gasteiger partial charge is 0.335 e. The molecule has 9 nitrogen and oxygen atoms in total. The second kappa shape index (κ2) is 14.7. The van der Waals surface area contributed by atoms with E-state index in [1.165, 1.54) is 11.8 Å². The Balaban J connectivity index is 1.36. The highest BCUT2D eigenvalue weighted by Gasteiger charge is 2.31. The van der Waals surface area contributed by atoms with Crippen LogP contribution in [0, 0.1) is 0 Å². The highest BCUT2D eigenvalue weighted by atomic mass is 32.2. The van der Waals surface area contributed by atoms with Crippen molar-refractivity contribution in [3.8, 4) is 28.4 Å². The van der Waals surface area contributed by atoms with Gasteiger partial charge < -0.3 is 24.1 Å². The van der Waals surface area contributed by atoms with Crippen molar-refractivity contribution < 1.29 is 33.6 Å². The maximum atomic E-state index is 13.4. The minimum atomic E-state index is -0.972. The highest BCUT2D eigenvalue weighted by Crippen LogP contribution is 2.38. The summed E-state index contributed by atoms with van der Waals surface area (Å²) in [6, 6.07) is 18.2. The molecular formula is C33H34N2O7S2. The van der Waals surface area contributed by atoms with Crippen LogP contribution in [0.5, 0.6) is 17.2 Å². The Morgan fingerprint density at radius 3 is 2.36 bits per heavy atom. The number of hydrogen-bond acceptors (Lipinski definition) is 9. The molecule has 1 N–H and O–H groups in total. The maximum Gasteiger partial charge on any atom is 0.335 e. The van der Waals surface area contributed by atoms with Crippen LogP contribution in [0.25, 0.3) is 17.2 Å². The third kappa shape index (κ3) is 7.78. The van der Waals surface area contributed by atoms with Crippen LogP contribution in [0.4, 0.5) is 0 Å². The van der Waals surface area contributed by atoms with Crippen molar-refractivity contribution >= 4 is 46.3 Å². The molecule has 44 heavy (non-hydrogen) atoms. The zero-order chi connectivity index (χ0) is 31.1. The molecule has 230 valence electrons. The Kier molecular flexibility index (Phi) is 10.5. The number of thiocarbonyl (C=S) groups is 1. The molecule has 0 saturated carbocycles. The van der Waals surface area contributed by atoms with Gasteiger partial charge in [0.25, 0.3) is 5.91 Å². The normalized spacial score (nSPS) is 16.4. The minimum Gasteiger partial charge on any atom is -0.497 e. The molecule has 2 saturated heterocycles. The lowest BCUT2D eigenvalue weighted by molar-refractivity contribution is -0.122. The number of carbonyl (C=O) groups excluding carboxylic acids is 1. The molecule has 0 unspecified atom stereocenters. The van der Waals surface area contributed by atoms with Gasteiger partial charge in [-0.15, -0.1) is 0 Å². The predicted octanol–water partition coefficient (Wildman–Crippen LogP) is 5.22. The van der Waals surface area contributed by atoms with Gasteiger partial charge in [-0.25, -0.2) is 4.79 Å². The highest BCUT2D eigenvalue weighted by molar-refractivity contribution is 8.26. The first-order valence-corrected chi connectivity index (χ1v) is 15.4. The van der Waals surface area contributed by atoms with Gasteiger partial charge in [0.05, 0.1) is 37.9 Å². The molecule has 0 bridgehead atoms. The summed E-state index contributed by atoms with van der Waals surface area (Å²) in [7, 11) is 3.23. The molecular weight excluding hydrogens is 601 g/mol. The number of amides is 1. The summed E-state index contributed by atoms with van der Waals surface area (Å²) in [5.74, 6) is 0.898. The first-order chi connectivity index (χ1) is 21.3. The third-order valence-electron chi connectivity index (χ3n) is 7.43. The quantitative estimate of drug-likeness (QED) is 0.211. The van der Waals surface area contributed by atoms with E-state index in [1.54, 1.807) is 43.4 Å². The second-order valence-electron chi connectivity index (χ2n) is 10.2. The van der Waals surface area contributed by atoms with Crippen LogP contribution in [0.15, 0.2) is 65.6 Å². The molecule has 2 aliphatic rings. The van der Waals surface area contributed by atoms with Crippen molar-refractivity contribution in [2.75, 3.05) is 60.2 Å². The summed E-state index contributed by atoms with van der Waals surface area (Å²) in [6.07, 6.45) is 2.40. The van der Waals surface area contributed by atoms with Crippen LogP contribution in [0.2, 0.25) is 0 Å². The monoisotopic (exact) mass is 634 g/mol. The number of carboxylic acid groups (broad SMARTS) is 1. The van der Waals surface area contributed by atoms with Crippen molar-refractivity contribution in [3.63, 3.8) is 0 Å². The molecule has 0 radical (unpaired) electrons. The number of benzene rings is 3. The largest absolute Gasteiger partial charge is 0.497 e. The summed E-state index contributed by atoms with van der Waals surface area (Å²) in [6.45, 7) is 4.95. The third-order valence-corrected chi connectivity index (χ3v) is 8.81. The van der Waals surface area contributed by atoms with Gasteiger partial charge in [-0.1, -0.05) is 42.2 Å². The van der Waals surface area contributed by atoms with E-state index in [1.807, 2.05) is 42.5 Å². The number of morpholine rings is 1. The zero-order valence-corrected chi connectivity index (χ0v) is 26.2. The van der Waals surface area contributed by atoms with E-state index in [4.69, 9.17) is 36.3 Å². The van der Waals surface area contributed by atoms with Crippen LogP contribution in [-0.4, -0.2) is 91.3 Å². The van der Waals surface area contributed by atoms with Gasteiger partial charge in [-0.2, -0.15) is 0 Å². The van der Waals surface area contributed by atoms with Gasteiger partial charge in [-0.05, 0) is 65.6 Å². The Bertz CT molecular complexity index is 1530. The molecule has 2 heterocycles. The number of carboxylic acids is 1. The van der Waals surface area contributed by atoms with Crippen LogP contribution < -0.4 is 14.2 Å². The number of ether oxygens (including phenoxy) is 4. The van der Waals surface area contributed by atoms with Crippen LogP contribution >= 0.6 is 24.0 Å². The second-order valence-corrected chi connectivity index (χ2v) is 11.9. The number of thioether (sulfide) groups is 1. The maximum absolute atomic E-state index is 13.4. The zero-order valence-electron chi connectivity index (χ0n) is 24.6. The lowest BCUT2D eigenvalue weighted by atomic mass is 10.0. The fraction of sp³-hybridized carbons (Fsp3) is 0.303. The van der Waals surface area contributed by atoms with E-state index in [9.17, 15) is 9.59 Å². The number of aromatic carboxylic acids is 1.